The summed E-state index contributed by atoms with van der Waals surface area (Å²) in [6.45, 7) is 6.90. The first-order valence-electron chi connectivity index (χ1n) is 14.5. The van der Waals surface area contributed by atoms with Gasteiger partial charge in [0.2, 0.25) is 0 Å². The smallest absolute Gasteiger partial charge is 0.00733 e. The number of allylic oxidation sites excluding steroid dienone is 4. The van der Waals surface area contributed by atoms with Gasteiger partial charge in [0.15, 0.2) is 0 Å². The average Bonchev–Trinajstić information content (AvgIpc) is 3.29. The van der Waals surface area contributed by atoms with Crippen LogP contribution in [0.3, 0.4) is 0 Å². The fourth-order valence-corrected chi connectivity index (χ4v) is 6.60. The highest BCUT2D eigenvalue weighted by atomic mass is 14.3. The third kappa shape index (κ3) is 4.25. The van der Waals surface area contributed by atoms with Gasteiger partial charge in [-0.2, -0.15) is 0 Å². The Hall–Kier alpha value is -4.42. The molecule has 0 saturated heterocycles. The Morgan fingerprint density at radius 1 is 0.500 bits per heavy atom. The monoisotopic (exact) mass is 514 g/mol. The molecule has 0 heterocycles. The second-order valence-corrected chi connectivity index (χ2v) is 11.5. The van der Waals surface area contributed by atoms with Crippen molar-refractivity contribution in [3.05, 3.63) is 155 Å². The molecule has 0 heteroatoms. The fraction of sp³-hybridized carbons (Fsp3) is 0.150. The van der Waals surface area contributed by atoms with E-state index >= 15 is 0 Å². The summed E-state index contributed by atoms with van der Waals surface area (Å²) in [5.74, 6) is 0.422. The molecule has 0 bridgehead atoms. The zero-order valence-electron chi connectivity index (χ0n) is 23.5. The van der Waals surface area contributed by atoms with Crippen LogP contribution in [0.25, 0.3) is 44.5 Å². The van der Waals surface area contributed by atoms with Gasteiger partial charge in [0.1, 0.15) is 0 Å². The predicted octanol–water partition coefficient (Wildman–Crippen LogP) is 11.1. The Kier molecular flexibility index (Phi) is 6.13. The van der Waals surface area contributed by atoms with Gasteiger partial charge in [0.05, 0.1) is 0 Å². The number of aryl methyl sites for hydroxylation is 1. The van der Waals surface area contributed by atoms with Gasteiger partial charge in [-0.05, 0) is 117 Å². The van der Waals surface area contributed by atoms with Crippen LogP contribution in [0.1, 0.15) is 60.4 Å². The van der Waals surface area contributed by atoms with E-state index in [-0.39, 0.29) is 0 Å². The average molecular weight is 515 g/mol. The van der Waals surface area contributed by atoms with Crippen LogP contribution in [0.15, 0.2) is 127 Å². The number of hydrogen-bond acceptors (Lipinski definition) is 0. The lowest BCUT2D eigenvalue weighted by Crippen LogP contribution is -2.00. The zero-order chi connectivity index (χ0) is 27.2. The Bertz CT molecular complexity index is 1800. The molecule has 5 aromatic carbocycles. The van der Waals surface area contributed by atoms with Gasteiger partial charge in [0, 0.05) is 5.92 Å². The molecule has 1 atom stereocenters. The van der Waals surface area contributed by atoms with Crippen LogP contribution in [0, 0.1) is 6.92 Å². The van der Waals surface area contributed by atoms with Gasteiger partial charge in [-0.1, -0.05) is 116 Å². The minimum Gasteiger partial charge on any atom is -0.0651 e. The zero-order valence-corrected chi connectivity index (χ0v) is 23.5. The summed E-state index contributed by atoms with van der Waals surface area (Å²) in [7, 11) is 0. The molecule has 0 radical (unpaired) electrons. The van der Waals surface area contributed by atoms with E-state index in [1.165, 1.54) is 77.9 Å². The molecular formula is C40H34. The molecule has 40 heavy (non-hydrogen) atoms. The Morgan fingerprint density at radius 2 is 1.02 bits per heavy atom. The Labute approximate surface area is 238 Å². The maximum atomic E-state index is 2.47. The van der Waals surface area contributed by atoms with Crippen LogP contribution in [-0.4, -0.2) is 0 Å². The molecule has 0 aliphatic heterocycles. The first-order valence-corrected chi connectivity index (χ1v) is 14.5. The van der Waals surface area contributed by atoms with Crippen molar-refractivity contribution in [1.29, 1.82) is 0 Å². The molecule has 0 aromatic heterocycles. The van der Waals surface area contributed by atoms with Gasteiger partial charge in [0.25, 0.3) is 0 Å². The van der Waals surface area contributed by atoms with Crippen molar-refractivity contribution in [3.8, 4) is 33.4 Å². The molecule has 0 amide bonds. The summed E-state index contributed by atoms with van der Waals surface area (Å²) < 4.78 is 0. The summed E-state index contributed by atoms with van der Waals surface area (Å²) >= 11 is 0. The van der Waals surface area contributed by atoms with E-state index in [2.05, 4.69) is 142 Å². The van der Waals surface area contributed by atoms with Crippen LogP contribution in [0.2, 0.25) is 0 Å². The maximum Gasteiger partial charge on any atom is 0.00733 e. The van der Waals surface area contributed by atoms with Crippen molar-refractivity contribution < 1.29 is 0 Å². The van der Waals surface area contributed by atoms with Crippen molar-refractivity contribution >= 4 is 11.1 Å². The van der Waals surface area contributed by atoms with Gasteiger partial charge in [-0.15, -0.1) is 0 Å². The van der Waals surface area contributed by atoms with Gasteiger partial charge < -0.3 is 0 Å². The molecular weight excluding hydrogens is 480 g/mol. The summed E-state index contributed by atoms with van der Waals surface area (Å²) in [6, 6.07) is 42.6. The Balaban J connectivity index is 1.29. The largest absolute Gasteiger partial charge is 0.0651 e. The summed E-state index contributed by atoms with van der Waals surface area (Å²) in [5.41, 5.74) is 19.1. The van der Waals surface area contributed by atoms with Crippen molar-refractivity contribution in [3.63, 3.8) is 0 Å². The molecule has 2 aliphatic carbocycles. The van der Waals surface area contributed by atoms with Crippen LogP contribution in [0.5, 0.6) is 0 Å². The maximum absolute atomic E-state index is 2.47. The second-order valence-electron chi connectivity index (χ2n) is 11.5. The molecule has 0 fully saturated rings. The third-order valence-corrected chi connectivity index (χ3v) is 8.99. The standard InChI is InChI=1S/C40H34/c1-26-14-16-31(29-10-6-4-7-11-29)22-37(26)38-23-33(17-15-27(38)2)34-19-21-36-28(3)35-20-18-32(24-39(35)40(36)25-34)30-12-8-5-9-13-30/h4-14,16,18-25,28H,15,17H2,1-3H3. The summed E-state index contributed by atoms with van der Waals surface area (Å²) in [4.78, 5) is 0. The normalized spacial score (nSPS) is 16.0. The molecule has 0 nitrogen and oxygen atoms in total. The minimum absolute atomic E-state index is 0.422. The molecule has 5 aromatic rings. The SMILES string of the molecule is CC1=C(c2cc(-c3ccccc3)ccc2C)C=C(c2ccc3c(c2)-c2cc(-c4ccccc4)ccc2C3C)CC1. The highest BCUT2D eigenvalue weighted by molar-refractivity contribution is 5.91. The summed E-state index contributed by atoms with van der Waals surface area (Å²) in [5, 5.41) is 0. The van der Waals surface area contributed by atoms with Crippen LogP contribution in [0.4, 0.5) is 0 Å². The molecule has 0 spiro atoms. The van der Waals surface area contributed by atoms with Crippen LogP contribution < -0.4 is 0 Å². The lowest BCUT2D eigenvalue weighted by atomic mass is 9.83. The number of benzene rings is 5. The van der Waals surface area contributed by atoms with E-state index in [4.69, 9.17) is 0 Å². The quantitative estimate of drug-likeness (QED) is 0.224. The van der Waals surface area contributed by atoms with Crippen LogP contribution in [-0.2, 0) is 0 Å². The lowest BCUT2D eigenvalue weighted by Gasteiger charge is -2.21. The molecule has 2 aliphatic rings. The second kappa shape index (κ2) is 9.96. The number of hydrogen-bond donors (Lipinski definition) is 0. The van der Waals surface area contributed by atoms with E-state index in [1.54, 1.807) is 0 Å². The molecule has 0 N–H and O–H groups in total. The van der Waals surface area contributed by atoms with Gasteiger partial charge in [-0.25, -0.2) is 0 Å². The van der Waals surface area contributed by atoms with Crippen LogP contribution >= 0.6 is 0 Å². The highest BCUT2D eigenvalue weighted by Gasteiger charge is 2.27. The molecule has 194 valence electrons. The topological polar surface area (TPSA) is 0 Å². The van der Waals surface area contributed by atoms with E-state index < -0.39 is 0 Å². The van der Waals surface area contributed by atoms with Crippen molar-refractivity contribution in [2.45, 2.75) is 39.5 Å². The number of rotatable bonds is 4. The molecule has 0 saturated carbocycles. The van der Waals surface area contributed by atoms with Crippen molar-refractivity contribution in [1.82, 2.24) is 0 Å². The fourth-order valence-electron chi connectivity index (χ4n) is 6.60. The van der Waals surface area contributed by atoms with E-state index in [1.807, 2.05) is 0 Å². The minimum atomic E-state index is 0.422. The van der Waals surface area contributed by atoms with Crippen molar-refractivity contribution in [2.24, 2.45) is 0 Å². The van der Waals surface area contributed by atoms with E-state index in [0.29, 0.717) is 5.92 Å². The van der Waals surface area contributed by atoms with Gasteiger partial charge in [-0.3, -0.25) is 0 Å². The predicted molar refractivity (Wildman–Crippen MR) is 171 cm³/mol. The number of fused-ring (bicyclic) bond motifs is 3. The van der Waals surface area contributed by atoms with E-state index in [0.717, 1.165) is 12.8 Å². The van der Waals surface area contributed by atoms with Gasteiger partial charge >= 0.3 is 0 Å². The lowest BCUT2D eigenvalue weighted by molar-refractivity contribution is 0.955. The first-order chi connectivity index (χ1) is 19.6. The summed E-state index contributed by atoms with van der Waals surface area (Å²) in [6.07, 6.45) is 4.65. The Morgan fingerprint density at radius 3 is 1.65 bits per heavy atom. The molecule has 7 rings (SSSR count). The third-order valence-electron chi connectivity index (χ3n) is 8.99. The van der Waals surface area contributed by atoms with E-state index in [9.17, 15) is 0 Å². The highest BCUT2D eigenvalue weighted by Crippen LogP contribution is 2.47. The first kappa shape index (κ1) is 24.6. The van der Waals surface area contributed by atoms with Crippen molar-refractivity contribution in [2.75, 3.05) is 0 Å². The molecule has 1 unspecified atom stereocenters.